The van der Waals surface area contributed by atoms with E-state index in [4.69, 9.17) is 0 Å². The minimum Gasteiger partial charge on any atom is -0.506 e. The second kappa shape index (κ2) is 5.03. The zero-order valence-electron chi connectivity index (χ0n) is 9.47. The zero-order valence-corrected chi connectivity index (χ0v) is 9.47. The fourth-order valence-corrected chi connectivity index (χ4v) is 2.09. The van der Waals surface area contributed by atoms with Gasteiger partial charge in [0.25, 0.3) is 0 Å². The van der Waals surface area contributed by atoms with E-state index in [1.54, 1.807) is 6.07 Å². The van der Waals surface area contributed by atoms with Gasteiger partial charge in [-0.25, -0.2) is 0 Å². The molecule has 1 N–H and O–H groups in total. The van der Waals surface area contributed by atoms with Crippen molar-refractivity contribution in [3.63, 3.8) is 0 Å². The van der Waals surface area contributed by atoms with Gasteiger partial charge in [-0.15, -0.1) is 6.58 Å². The van der Waals surface area contributed by atoms with Crippen LogP contribution in [0.25, 0.3) is 0 Å². The summed E-state index contributed by atoms with van der Waals surface area (Å²) < 4.78 is 0. The highest BCUT2D eigenvalue weighted by Gasteiger charge is 2.17. The van der Waals surface area contributed by atoms with Crippen molar-refractivity contribution >= 4 is 5.69 Å². The van der Waals surface area contributed by atoms with Gasteiger partial charge in [0.15, 0.2) is 0 Å². The maximum Gasteiger partial charge on any atom is 0.138 e. The monoisotopic (exact) mass is 218 g/mol. The van der Waals surface area contributed by atoms with Crippen molar-refractivity contribution < 1.29 is 5.11 Å². The number of rotatable bonds is 3. The maximum atomic E-state index is 9.76. The van der Waals surface area contributed by atoms with E-state index >= 15 is 0 Å². The molecule has 1 aliphatic rings. The number of phenolic OH excluding ortho intramolecular Hbond substituents is 1. The summed E-state index contributed by atoms with van der Waals surface area (Å²) in [5, 5.41) is 9.76. The molecule has 0 bridgehead atoms. The number of piperazine rings is 1. The summed E-state index contributed by atoms with van der Waals surface area (Å²) in [6.07, 6.45) is 1.94. The Morgan fingerprint density at radius 2 is 1.88 bits per heavy atom. The standard InChI is InChI=1S/C13H18N2O/c1-2-7-14-8-10-15(11-9-14)12-5-3-4-6-13(12)16/h2-6,16H,1,7-11H2. The molecule has 86 valence electrons. The summed E-state index contributed by atoms with van der Waals surface area (Å²) in [6.45, 7) is 8.69. The minimum absolute atomic E-state index is 0.375. The molecule has 1 fully saturated rings. The molecule has 0 amide bonds. The van der Waals surface area contributed by atoms with Crippen molar-refractivity contribution in [1.82, 2.24) is 4.90 Å². The molecule has 0 radical (unpaired) electrons. The molecule has 0 saturated carbocycles. The molecule has 16 heavy (non-hydrogen) atoms. The molecule has 0 atom stereocenters. The molecule has 1 heterocycles. The van der Waals surface area contributed by atoms with Gasteiger partial charge in [0.1, 0.15) is 5.75 Å². The normalized spacial score (nSPS) is 17.4. The van der Waals surface area contributed by atoms with Gasteiger partial charge in [-0.3, -0.25) is 4.90 Å². The summed E-state index contributed by atoms with van der Waals surface area (Å²) in [4.78, 5) is 4.60. The lowest BCUT2D eigenvalue weighted by molar-refractivity contribution is 0.283. The van der Waals surface area contributed by atoms with Crippen LogP contribution in [0.3, 0.4) is 0 Å². The molecular formula is C13H18N2O. The van der Waals surface area contributed by atoms with Crippen LogP contribution < -0.4 is 4.90 Å². The Hall–Kier alpha value is -1.48. The smallest absolute Gasteiger partial charge is 0.138 e. The van der Waals surface area contributed by atoms with Crippen LogP contribution in [0.4, 0.5) is 5.69 Å². The maximum absolute atomic E-state index is 9.76. The molecule has 0 spiro atoms. The largest absolute Gasteiger partial charge is 0.506 e. The lowest BCUT2D eigenvalue weighted by Crippen LogP contribution is -2.46. The van der Waals surface area contributed by atoms with Crippen molar-refractivity contribution in [1.29, 1.82) is 0 Å². The summed E-state index contributed by atoms with van der Waals surface area (Å²) in [7, 11) is 0. The Balaban J connectivity index is 1.99. The van der Waals surface area contributed by atoms with Crippen molar-refractivity contribution in [2.24, 2.45) is 0 Å². The number of hydrogen-bond donors (Lipinski definition) is 1. The SMILES string of the molecule is C=CCN1CCN(c2ccccc2O)CC1. The third-order valence-electron chi connectivity index (χ3n) is 2.98. The molecule has 3 heteroatoms. The second-order valence-electron chi connectivity index (χ2n) is 4.07. The Labute approximate surface area is 96.6 Å². The van der Waals surface area contributed by atoms with Gasteiger partial charge in [-0.2, -0.15) is 0 Å². The first-order chi connectivity index (χ1) is 7.81. The summed E-state index contributed by atoms with van der Waals surface area (Å²) in [5.41, 5.74) is 0.945. The van der Waals surface area contributed by atoms with Crippen LogP contribution in [0.1, 0.15) is 0 Å². The van der Waals surface area contributed by atoms with E-state index in [0.717, 1.165) is 38.4 Å². The van der Waals surface area contributed by atoms with Crippen molar-refractivity contribution in [2.45, 2.75) is 0 Å². The number of aromatic hydroxyl groups is 1. The Kier molecular flexibility index (Phi) is 3.47. The molecule has 1 aromatic rings. The molecule has 1 saturated heterocycles. The molecule has 3 nitrogen and oxygen atoms in total. The summed E-state index contributed by atoms with van der Waals surface area (Å²) in [5.74, 6) is 0.375. The van der Waals surface area contributed by atoms with Crippen molar-refractivity contribution in [3.05, 3.63) is 36.9 Å². The lowest BCUT2D eigenvalue weighted by atomic mass is 10.2. The van der Waals surface area contributed by atoms with E-state index in [-0.39, 0.29) is 0 Å². The molecule has 1 aliphatic heterocycles. The van der Waals surface area contributed by atoms with E-state index < -0.39 is 0 Å². The number of para-hydroxylation sites is 2. The first-order valence-electron chi connectivity index (χ1n) is 5.67. The van der Waals surface area contributed by atoms with E-state index in [1.807, 2.05) is 24.3 Å². The first kappa shape index (κ1) is 11.0. The third-order valence-corrected chi connectivity index (χ3v) is 2.98. The van der Waals surface area contributed by atoms with E-state index in [9.17, 15) is 5.11 Å². The van der Waals surface area contributed by atoms with Gasteiger partial charge in [0.05, 0.1) is 5.69 Å². The van der Waals surface area contributed by atoms with Crippen molar-refractivity contribution in [2.75, 3.05) is 37.6 Å². The van der Waals surface area contributed by atoms with Gasteiger partial charge < -0.3 is 10.0 Å². The van der Waals surface area contributed by atoms with E-state index in [2.05, 4.69) is 16.4 Å². The van der Waals surface area contributed by atoms with E-state index in [1.165, 1.54) is 0 Å². The average Bonchev–Trinajstić information content (AvgIpc) is 2.31. The fourth-order valence-electron chi connectivity index (χ4n) is 2.09. The lowest BCUT2D eigenvalue weighted by Gasteiger charge is -2.35. The van der Waals surface area contributed by atoms with Crippen molar-refractivity contribution in [3.8, 4) is 5.75 Å². The molecular weight excluding hydrogens is 200 g/mol. The van der Waals surface area contributed by atoms with Gasteiger partial charge >= 0.3 is 0 Å². The van der Waals surface area contributed by atoms with Crippen LogP contribution >= 0.6 is 0 Å². The quantitative estimate of drug-likeness (QED) is 0.782. The van der Waals surface area contributed by atoms with Gasteiger partial charge in [0.2, 0.25) is 0 Å². The third kappa shape index (κ3) is 2.36. The number of benzene rings is 1. The number of nitrogens with zero attached hydrogens (tertiary/aromatic N) is 2. The summed E-state index contributed by atoms with van der Waals surface area (Å²) in [6, 6.07) is 7.53. The predicted molar refractivity (Wildman–Crippen MR) is 67.0 cm³/mol. The first-order valence-corrected chi connectivity index (χ1v) is 5.67. The fraction of sp³-hybridized carbons (Fsp3) is 0.385. The molecule has 2 rings (SSSR count). The van der Waals surface area contributed by atoms with Crippen LogP contribution in [-0.2, 0) is 0 Å². The second-order valence-corrected chi connectivity index (χ2v) is 4.07. The molecule has 0 aromatic heterocycles. The highest BCUT2D eigenvalue weighted by molar-refractivity contribution is 5.57. The minimum atomic E-state index is 0.375. The van der Waals surface area contributed by atoms with Gasteiger partial charge in [-0.1, -0.05) is 18.2 Å². The number of phenols is 1. The molecule has 1 aromatic carbocycles. The van der Waals surface area contributed by atoms with Gasteiger partial charge in [0, 0.05) is 32.7 Å². The Morgan fingerprint density at radius 3 is 2.50 bits per heavy atom. The number of hydrogen-bond acceptors (Lipinski definition) is 3. The van der Waals surface area contributed by atoms with Crippen LogP contribution in [0.2, 0.25) is 0 Å². The Morgan fingerprint density at radius 1 is 1.19 bits per heavy atom. The highest BCUT2D eigenvalue weighted by Crippen LogP contribution is 2.26. The zero-order chi connectivity index (χ0) is 11.4. The highest BCUT2D eigenvalue weighted by atomic mass is 16.3. The van der Waals surface area contributed by atoms with Crippen LogP contribution in [0.15, 0.2) is 36.9 Å². The van der Waals surface area contributed by atoms with E-state index in [0.29, 0.717) is 5.75 Å². The molecule has 0 unspecified atom stereocenters. The van der Waals surface area contributed by atoms with Crippen LogP contribution in [-0.4, -0.2) is 42.7 Å². The summed E-state index contributed by atoms with van der Waals surface area (Å²) >= 11 is 0. The van der Waals surface area contributed by atoms with Gasteiger partial charge in [-0.05, 0) is 12.1 Å². The molecule has 0 aliphatic carbocycles. The number of anilines is 1. The average molecular weight is 218 g/mol. The topological polar surface area (TPSA) is 26.7 Å². The predicted octanol–water partition coefficient (Wildman–Crippen LogP) is 1.70. The Bertz CT molecular complexity index is 357. The van der Waals surface area contributed by atoms with Crippen LogP contribution in [0, 0.1) is 0 Å². The van der Waals surface area contributed by atoms with Crippen LogP contribution in [0.5, 0.6) is 5.75 Å².